The summed E-state index contributed by atoms with van der Waals surface area (Å²) in [5.41, 5.74) is 1.61. The summed E-state index contributed by atoms with van der Waals surface area (Å²) in [7, 11) is 1.59. The van der Waals surface area contributed by atoms with E-state index < -0.39 is 0 Å². The van der Waals surface area contributed by atoms with Crippen LogP contribution in [0, 0.1) is 11.3 Å². The Labute approximate surface area is 200 Å². The van der Waals surface area contributed by atoms with E-state index in [9.17, 15) is 9.59 Å². The molecule has 0 bridgehead atoms. The molecule has 2 aromatic carbocycles. The predicted molar refractivity (Wildman–Crippen MR) is 127 cm³/mol. The van der Waals surface area contributed by atoms with Gasteiger partial charge in [-0.2, -0.15) is 0 Å². The topological polar surface area (TPSA) is 77.1 Å². The number of nitrogens with one attached hydrogen (secondary N) is 1. The molecule has 3 fully saturated rings. The van der Waals surface area contributed by atoms with E-state index in [1.165, 1.54) is 12.8 Å². The average Bonchev–Trinajstić information content (AvgIpc) is 3.80. The molecule has 3 aliphatic rings. The molecule has 1 N–H and O–H groups in total. The van der Waals surface area contributed by atoms with E-state index >= 15 is 0 Å². The van der Waals surface area contributed by atoms with E-state index in [0.29, 0.717) is 42.7 Å². The number of nitrogens with zero attached hydrogens (tertiary/aromatic N) is 1. The fourth-order valence-electron chi connectivity index (χ4n) is 4.69. The molecule has 2 aliphatic carbocycles. The lowest BCUT2D eigenvalue weighted by Crippen LogP contribution is -2.42. The van der Waals surface area contributed by atoms with E-state index in [1.54, 1.807) is 24.1 Å². The summed E-state index contributed by atoms with van der Waals surface area (Å²) < 4.78 is 16.7. The van der Waals surface area contributed by atoms with Crippen LogP contribution >= 0.6 is 0 Å². The van der Waals surface area contributed by atoms with Crippen molar-refractivity contribution in [2.24, 2.45) is 11.3 Å². The van der Waals surface area contributed by atoms with Crippen LogP contribution in [0.2, 0.25) is 0 Å². The number of piperidine rings is 1. The summed E-state index contributed by atoms with van der Waals surface area (Å²) in [4.78, 5) is 27.2. The SMILES string of the molecule is COc1cc(OCC2CC2)cc(C(=O)NC2CC23CCN(C(=O)OCc2ccccc2)CC3)c1. The van der Waals surface area contributed by atoms with E-state index in [1.807, 2.05) is 36.4 Å². The molecule has 180 valence electrons. The minimum Gasteiger partial charge on any atom is -0.497 e. The quantitative estimate of drug-likeness (QED) is 0.626. The van der Waals surface area contributed by atoms with Crippen molar-refractivity contribution in [3.8, 4) is 11.5 Å². The highest BCUT2D eigenvalue weighted by molar-refractivity contribution is 5.95. The van der Waals surface area contributed by atoms with Gasteiger partial charge in [0.15, 0.2) is 0 Å². The fourth-order valence-corrected chi connectivity index (χ4v) is 4.69. The van der Waals surface area contributed by atoms with Crippen LogP contribution in [-0.4, -0.2) is 49.7 Å². The number of carbonyl (C=O) groups excluding carboxylic acids is 2. The van der Waals surface area contributed by atoms with Crippen molar-refractivity contribution >= 4 is 12.0 Å². The van der Waals surface area contributed by atoms with E-state index in [-0.39, 0.29) is 30.1 Å². The number of benzene rings is 2. The molecule has 0 radical (unpaired) electrons. The number of likely N-dealkylation sites (tertiary alicyclic amines) is 1. The number of rotatable bonds is 8. The fraction of sp³-hybridized carbons (Fsp3) is 0.481. The highest BCUT2D eigenvalue weighted by Crippen LogP contribution is 2.54. The highest BCUT2D eigenvalue weighted by atomic mass is 16.6. The van der Waals surface area contributed by atoms with Crippen LogP contribution in [0.15, 0.2) is 48.5 Å². The molecule has 1 atom stereocenters. The largest absolute Gasteiger partial charge is 0.497 e. The van der Waals surface area contributed by atoms with Crippen LogP contribution in [0.3, 0.4) is 0 Å². The van der Waals surface area contributed by atoms with Crippen LogP contribution in [0.1, 0.15) is 48.0 Å². The number of hydrogen-bond acceptors (Lipinski definition) is 5. The van der Waals surface area contributed by atoms with Crippen LogP contribution in [0.5, 0.6) is 11.5 Å². The van der Waals surface area contributed by atoms with Gasteiger partial charge in [0.1, 0.15) is 18.1 Å². The van der Waals surface area contributed by atoms with Gasteiger partial charge in [0, 0.05) is 30.8 Å². The van der Waals surface area contributed by atoms with Crippen molar-refractivity contribution in [2.75, 3.05) is 26.8 Å². The molecule has 1 saturated heterocycles. The van der Waals surface area contributed by atoms with Crippen molar-refractivity contribution in [1.82, 2.24) is 10.2 Å². The Kier molecular flexibility index (Phi) is 6.35. The maximum absolute atomic E-state index is 13.0. The van der Waals surface area contributed by atoms with Gasteiger partial charge in [-0.1, -0.05) is 30.3 Å². The number of methoxy groups -OCH3 is 1. The Morgan fingerprint density at radius 3 is 2.50 bits per heavy atom. The lowest BCUT2D eigenvalue weighted by atomic mass is 9.93. The Balaban J connectivity index is 1.11. The van der Waals surface area contributed by atoms with Crippen LogP contribution in [0.4, 0.5) is 4.79 Å². The molecule has 7 nitrogen and oxygen atoms in total. The molecule has 1 aliphatic heterocycles. The smallest absolute Gasteiger partial charge is 0.410 e. The molecule has 2 aromatic rings. The van der Waals surface area contributed by atoms with Crippen molar-refractivity contribution in [3.63, 3.8) is 0 Å². The van der Waals surface area contributed by atoms with Gasteiger partial charge in [-0.05, 0) is 61.1 Å². The highest BCUT2D eigenvalue weighted by Gasteiger charge is 2.56. The Hall–Kier alpha value is -3.22. The average molecular weight is 465 g/mol. The standard InChI is InChI=1S/C27H32N2O5/c1-32-22-13-21(14-23(15-22)33-17-20-7-8-20)25(30)28-24-16-27(24)9-11-29(12-10-27)26(31)34-18-19-5-3-2-4-6-19/h2-6,13-15,20,24H,7-12,16-18H2,1H3,(H,28,30). The van der Waals surface area contributed by atoms with Gasteiger partial charge in [0.25, 0.3) is 5.91 Å². The molecule has 2 amide bonds. The van der Waals surface area contributed by atoms with Crippen LogP contribution in [0.25, 0.3) is 0 Å². The van der Waals surface area contributed by atoms with Gasteiger partial charge in [-0.15, -0.1) is 0 Å². The van der Waals surface area contributed by atoms with Crippen molar-refractivity contribution in [1.29, 1.82) is 0 Å². The zero-order valence-corrected chi connectivity index (χ0v) is 19.6. The van der Waals surface area contributed by atoms with Crippen molar-refractivity contribution in [2.45, 2.75) is 44.8 Å². The molecule has 5 rings (SSSR count). The first-order valence-electron chi connectivity index (χ1n) is 12.1. The predicted octanol–water partition coefficient (Wildman–Crippen LogP) is 4.41. The minimum absolute atomic E-state index is 0.0794. The Morgan fingerprint density at radius 2 is 1.79 bits per heavy atom. The second-order valence-corrected chi connectivity index (χ2v) is 9.77. The molecule has 34 heavy (non-hydrogen) atoms. The summed E-state index contributed by atoms with van der Waals surface area (Å²) in [6, 6.07) is 15.2. The summed E-state index contributed by atoms with van der Waals surface area (Å²) in [6.45, 7) is 2.27. The molecule has 7 heteroatoms. The molecule has 1 unspecified atom stereocenters. The summed E-state index contributed by atoms with van der Waals surface area (Å²) in [5.74, 6) is 1.81. The lowest BCUT2D eigenvalue weighted by Gasteiger charge is -2.32. The van der Waals surface area contributed by atoms with E-state index in [0.717, 1.165) is 24.8 Å². The number of hydrogen-bond donors (Lipinski definition) is 1. The summed E-state index contributed by atoms with van der Waals surface area (Å²) in [5, 5.41) is 3.19. The third-order valence-electron chi connectivity index (χ3n) is 7.28. The minimum atomic E-state index is -0.268. The summed E-state index contributed by atoms with van der Waals surface area (Å²) >= 11 is 0. The second-order valence-electron chi connectivity index (χ2n) is 9.77. The summed E-state index contributed by atoms with van der Waals surface area (Å²) in [6.07, 6.45) is 4.83. The van der Waals surface area contributed by atoms with E-state index in [4.69, 9.17) is 14.2 Å². The first-order valence-corrected chi connectivity index (χ1v) is 12.1. The maximum atomic E-state index is 13.0. The number of carbonyl (C=O) groups is 2. The Bertz CT molecular complexity index is 1030. The lowest BCUT2D eigenvalue weighted by molar-refractivity contribution is 0.0772. The second kappa shape index (κ2) is 9.57. The molecule has 0 aromatic heterocycles. The third-order valence-corrected chi connectivity index (χ3v) is 7.28. The first kappa shape index (κ1) is 22.6. The van der Waals surface area contributed by atoms with Gasteiger partial charge in [0.05, 0.1) is 13.7 Å². The van der Waals surface area contributed by atoms with E-state index in [2.05, 4.69) is 5.32 Å². The van der Waals surface area contributed by atoms with Crippen LogP contribution in [-0.2, 0) is 11.3 Å². The number of amides is 2. The zero-order valence-electron chi connectivity index (χ0n) is 19.6. The molecule has 2 saturated carbocycles. The van der Waals surface area contributed by atoms with Gasteiger partial charge in [-0.25, -0.2) is 4.79 Å². The maximum Gasteiger partial charge on any atom is 0.410 e. The normalized spacial score (nSPS) is 20.5. The van der Waals surface area contributed by atoms with Crippen molar-refractivity contribution < 1.29 is 23.8 Å². The monoisotopic (exact) mass is 464 g/mol. The first-order chi connectivity index (χ1) is 16.5. The van der Waals surface area contributed by atoms with Crippen LogP contribution < -0.4 is 14.8 Å². The number of ether oxygens (including phenoxy) is 3. The van der Waals surface area contributed by atoms with Gasteiger partial charge in [-0.3, -0.25) is 4.79 Å². The molecule has 1 spiro atoms. The molecular weight excluding hydrogens is 432 g/mol. The van der Waals surface area contributed by atoms with Crippen molar-refractivity contribution in [3.05, 3.63) is 59.7 Å². The van der Waals surface area contributed by atoms with Gasteiger partial charge < -0.3 is 24.4 Å². The third kappa shape index (κ3) is 5.29. The van der Waals surface area contributed by atoms with Gasteiger partial charge >= 0.3 is 6.09 Å². The Morgan fingerprint density at radius 1 is 1.06 bits per heavy atom. The van der Waals surface area contributed by atoms with Gasteiger partial charge in [0.2, 0.25) is 0 Å². The molecule has 1 heterocycles. The molecular formula is C27H32N2O5. The zero-order chi connectivity index (χ0) is 23.5.